The van der Waals surface area contributed by atoms with E-state index in [1.807, 2.05) is 18.2 Å². The Kier molecular flexibility index (Phi) is 3.94. The van der Waals surface area contributed by atoms with Crippen LogP contribution in [0, 0.1) is 0 Å². The summed E-state index contributed by atoms with van der Waals surface area (Å²) < 4.78 is 1.47. The zero-order valence-corrected chi connectivity index (χ0v) is 12.4. The van der Waals surface area contributed by atoms with E-state index in [1.165, 1.54) is 29.3 Å². The smallest absolute Gasteiger partial charge is 0.310 e. The Morgan fingerprint density at radius 2 is 2.14 bits per heavy atom. The fourth-order valence-electron chi connectivity index (χ4n) is 1.94. The van der Waals surface area contributed by atoms with Gasteiger partial charge >= 0.3 is 11.1 Å². The number of aromatic amines is 1. The van der Waals surface area contributed by atoms with Crippen LogP contribution in [0.25, 0.3) is 0 Å². The lowest BCUT2D eigenvalue weighted by Gasteiger charge is -2.11. The van der Waals surface area contributed by atoms with Crippen molar-refractivity contribution in [1.29, 1.82) is 0 Å². The standard InChI is InChI=1S/C14H16N4O2S/c1-18-14(16-12(19)13(20)17-18)21-11-5-3-2-4-9(11)8-15-10-6-7-10/h2-5,10,15H,6-8H2,1H3,(H,17,20). The van der Waals surface area contributed by atoms with Gasteiger partial charge in [-0.15, -0.1) is 0 Å². The van der Waals surface area contributed by atoms with E-state index in [0.29, 0.717) is 11.2 Å². The van der Waals surface area contributed by atoms with Gasteiger partial charge < -0.3 is 5.32 Å². The van der Waals surface area contributed by atoms with E-state index in [9.17, 15) is 9.59 Å². The van der Waals surface area contributed by atoms with E-state index in [2.05, 4.69) is 21.5 Å². The molecule has 2 N–H and O–H groups in total. The Morgan fingerprint density at radius 3 is 2.90 bits per heavy atom. The summed E-state index contributed by atoms with van der Waals surface area (Å²) in [4.78, 5) is 27.5. The fraction of sp³-hybridized carbons (Fsp3) is 0.357. The third kappa shape index (κ3) is 3.43. The molecule has 1 aromatic heterocycles. The minimum Gasteiger partial charge on any atom is -0.310 e. The van der Waals surface area contributed by atoms with Crippen LogP contribution in [-0.4, -0.2) is 20.8 Å². The third-order valence-corrected chi connectivity index (χ3v) is 4.45. The number of aromatic nitrogens is 3. The van der Waals surface area contributed by atoms with Crippen molar-refractivity contribution in [2.45, 2.75) is 35.5 Å². The number of H-pyrrole nitrogens is 1. The van der Waals surface area contributed by atoms with Gasteiger partial charge in [-0.3, -0.25) is 19.4 Å². The largest absolute Gasteiger partial charge is 0.339 e. The molecular weight excluding hydrogens is 288 g/mol. The minimum atomic E-state index is -0.760. The molecule has 0 amide bonds. The highest BCUT2D eigenvalue weighted by atomic mass is 32.2. The Labute approximate surface area is 125 Å². The molecule has 1 saturated carbocycles. The highest BCUT2D eigenvalue weighted by Crippen LogP contribution is 2.28. The zero-order chi connectivity index (χ0) is 14.8. The Balaban J connectivity index is 1.85. The van der Waals surface area contributed by atoms with Crippen LogP contribution in [-0.2, 0) is 13.6 Å². The van der Waals surface area contributed by atoms with E-state index in [-0.39, 0.29) is 0 Å². The summed E-state index contributed by atoms with van der Waals surface area (Å²) in [5, 5.41) is 6.40. The second kappa shape index (κ2) is 5.87. The fourth-order valence-corrected chi connectivity index (χ4v) is 2.87. The average Bonchev–Trinajstić information content (AvgIpc) is 3.28. The Morgan fingerprint density at radius 1 is 1.38 bits per heavy atom. The molecule has 1 heterocycles. The molecule has 2 aromatic rings. The lowest BCUT2D eigenvalue weighted by atomic mass is 10.2. The number of nitrogens with one attached hydrogen (secondary N) is 2. The van der Waals surface area contributed by atoms with Gasteiger partial charge in [-0.25, -0.2) is 0 Å². The first kappa shape index (κ1) is 14.1. The van der Waals surface area contributed by atoms with Crippen molar-refractivity contribution in [3.05, 3.63) is 50.5 Å². The van der Waals surface area contributed by atoms with E-state index in [4.69, 9.17) is 0 Å². The number of rotatable bonds is 5. The van der Waals surface area contributed by atoms with Crippen LogP contribution in [0.1, 0.15) is 18.4 Å². The van der Waals surface area contributed by atoms with Crippen molar-refractivity contribution >= 4 is 11.8 Å². The molecule has 0 unspecified atom stereocenters. The van der Waals surface area contributed by atoms with Gasteiger partial charge in [0.1, 0.15) is 0 Å². The van der Waals surface area contributed by atoms with Crippen LogP contribution in [0.5, 0.6) is 0 Å². The molecule has 7 heteroatoms. The normalized spacial score (nSPS) is 14.3. The van der Waals surface area contributed by atoms with Gasteiger partial charge in [-0.05, 0) is 36.2 Å². The summed E-state index contributed by atoms with van der Waals surface area (Å²) in [7, 11) is 1.67. The maximum atomic E-state index is 11.4. The van der Waals surface area contributed by atoms with Crippen molar-refractivity contribution in [3.63, 3.8) is 0 Å². The lowest BCUT2D eigenvalue weighted by Crippen LogP contribution is -2.33. The number of benzene rings is 1. The lowest BCUT2D eigenvalue weighted by molar-refractivity contribution is 0.596. The first-order valence-corrected chi connectivity index (χ1v) is 7.61. The molecule has 1 aliphatic carbocycles. The third-order valence-electron chi connectivity index (χ3n) is 3.28. The van der Waals surface area contributed by atoms with Crippen LogP contribution in [0.2, 0.25) is 0 Å². The van der Waals surface area contributed by atoms with Crippen LogP contribution in [0.4, 0.5) is 0 Å². The van der Waals surface area contributed by atoms with Gasteiger partial charge in [0.15, 0.2) is 5.16 Å². The molecule has 1 aromatic carbocycles. The van der Waals surface area contributed by atoms with Gasteiger partial charge in [-0.2, -0.15) is 4.98 Å². The van der Waals surface area contributed by atoms with Crippen LogP contribution >= 0.6 is 11.8 Å². The molecule has 0 bridgehead atoms. The summed E-state index contributed by atoms with van der Waals surface area (Å²) in [6.07, 6.45) is 2.48. The molecule has 0 radical (unpaired) electrons. The average molecular weight is 304 g/mol. The molecule has 110 valence electrons. The van der Waals surface area contributed by atoms with Crippen molar-refractivity contribution in [2.75, 3.05) is 0 Å². The summed E-state index contributed by atoms with van der Waals surface area (Å²) in [6.45, 7) is 0.797. The number of hydrogen-bond donors (Lipinski definition) is 2. The first-order chi connectivity index (χ1) is 10.1. The predicted octanol–water partition coefficient (Wildman–Crippen LogP) is 0.872. The van der Waals surface area contributed by atoms with E-state index in [0.717, 1.165) is 17.0 Å². The molecular formula is C14H16N4O2S. The van der Waals surface area contributed by atoms with E-state index in [1.54, 1.807) is 7.05 Å². The highest BCUT2D eigenvalue weighted by molar-refractivity contribution is 7.99. The van der Waals surface area contributed by atoms with Gasteiger partial charge in [0.05, 0.1) is 0 Å². The maximum Gasteiger partial charge on any atom is 0.339 e. The Hall–Kier alpha value is -1.86. The number of hydrogen-bond acceptors (Lipinski definition) is 5. The quantitative estimate of drug-likeness (QED) is 0.801. The van der Waals surface area contributed by atoms with Crippen molar-refractivity contribution in [1.82, 2.24) is 20.1 Å². The van der Waals surface area contributed by atoms with Gasteiger partial charge in [-0.1, -0.05) is 18.2 Å². The second-order valence-electron chi connectivity index (χ2n) is 5.06. The summed E-state index contributed by atoms with van der Waals surface area (Å²) in [5.41, 5.74) is -0.301. The van der Waals surface area contributed by atoms with Gasteiger partial charge in [0.25, 0.3) is 0 Å². The molecule has 3 rings (SSSR count). The van der Waals surface area contributed by atoms with Crippen molar-refractivity contribution < 1.29 is 0 Å². The van der Waals surface area contributed by atoms with Crippen LogP contribution in [0.3, 0.4) is 0 Å². The number of aryl methyl sites for hydroxylation is 1. The first-order valence-electron chi connectivity index (χ1n) is 6.80. The summed E-state index contributed by atoms with van der Waals surface area (Å²) in [6, 6.07) is 8.63. The van der Waals surface area contributed by atoms with Crippen LogP contribution in [0.15, 0.2) is 43.9 Å². The van der Waals surface area contributed by atoms with Gasteiger partial charge in [0.2, 0.25) is 0 Å². The van der Waals surface area contributed by atoms with Crippen LogP contribution < -0.4 is 16.4 Å². The van der Waals surface area contributed by atoms with Gasteiger partial charge in [0, 0.05) is 24.5 Å². The second-order valence-corrected chi connectivity index (χ2v) is 6.07. The summed E-state index contributed by atoms with van der Waals surface area (Å²) >= 11 is 1.38. The van der Waals surface area contributed by atoms with Crippen molar-refractivity contribution in [3.8, 4) is 0 Å². The molecule has 0 saturated heterocycles. The topological polar surface area (TPSA) is 79.8 Å². The monoisotopic (exact) mass is 304 g/mol. The molecule has 6 nitrogen and oxygen atoms in total. The highest BCUT2D eigenvalue weighted by Gasteiger charge is 2.20. The molecule has 21 heavy (non-hydrogen) atoms. The maximum absolute atomic E-state index is 11.4. The summed E-state index contributed by atoms with van der Waals surface area (Å²) in [5.74, 6) is 0. The molecule has 0 aliphatic heterocycles. The minimum absolute atomic E-state index is 0.471. The SMILES string of the molecule is Cn1[nH]c(=O)c(=O)nc1Sc1ccccc1CNC1CC1. The number of nitrogens with zero attached hydrogens (tertiary/aromatic N) is 2. The molecule has 1 aliphatic rings. The molecule has 0 spiro atoms. The van der Waals surface area contributed by atoms with Crippen molar-refractivity contribution in [2.24, 2.45) is 7.05 Å². The van der Waals surface area contributed by atoms with E-state index < -0.39 is 11.1 Å². The predicted molar refractivity (Wildman–Crippen MR) is 80.5 cm³/mol. The zero-order valence-electron chi connectivity index (χ0n) is 11.6. The van der Waals surface area contributed by atoms with E-state index >= 15 is 0 Å². The molecule has 0 atom stereocenters. The Bertz CT molecular complexity index is 764. The molecule has 1 fully saturated rings.